The van der Waals surface area contributed by atoms with Crippen LogP contribution < -0.4 is 0 Å². The van der Waals surface area contributed by atoms with Crippen molar-refractivity contribution >= 4 is 45.1 Å². The number of thiophene rings is 1. The van der Waals surface area contributed by atoms with Gasteiger partial charge >= 0.3 is 5.97 Å². The summed E-state index contributed by atoms with van der Waals surface area (Å²) >= 11 is 2.89. The lowest BCUT2D eigenvalue weighted by molar-refractivity contribution is -0.144. The number of carbonyl (C=O) groups excluding carboxylic acids is 2. The first-order chi connectivity index (χ1) is 11.5. The molecule has 0 amide bonds. The van der Waals surface area contributed by atoms with Crippen LogP contribution in [0, 0.1) is 5.92 Å². The monoisotopic (exact) mass is 364 g/mol. The van der Waals surface area contributed by atoms with Gasteiger partial charge in [-0.25, -0.2) is 9.97 Å². The van der Waals surface area contributed by atoms with Crippen LogP contribution in [0.1, 0.15) is 37.6 Å². The number of aromatic nitrogens is 2. The minimum absolute atomic E-state index is 0.220. The fraction of sp³-hybridized carbons (Fsp3) is 0.529. The molecule has 24 heavy (non-hydrogen) atoms. The number of Topliss-reactive ketones (excluding diaryl/α,β-unsaturated/α-hetero) is 1. The topological polar surface area (TPSA) is 69.2 Å². The molecule has 7 heteroatoms. The van der Waals surface area contributed by atoms with E-state index in [2.05, 4.69) is 16.9 Å². The lowest BCUT2D eigenvalue weighted by atomic mass is 9.89. The van der Waals surface area contributed by atoms with E-state index < -0.39 is 11.2 Å². The molecule has 0 N–H and O–H groups in total. The molecule has 0 spiro atoms. The molecule has 128 valence electrons. The van der Waals surface area contributed by atoms with Gasteiger partial charge in [-0.2, -0.15) is 0 Å². The summed E-state index contributed by atoms with van der Waals surface area (Å²) in [6.45, 7) is 5.67. The zero-order chi connectivity index (χ0) is 17.3. The van der Waals surface area contributed by atoms with Crippen molar-refractivity contribution in [2.24, 2.45) is 5.92 Å². The van der Waals surface area contributed by atoms with Crippen LogP contribution in [0.25, 0.3) is 10.2 Å². The number of fused-ring (bicyclic) bond motifs is 3. The normalized spacial score (nSPS) is 18.2. The Morgan fingerprint density at radius 3 is 2.96 bits per heavy atom. The van der Waals surface area contributed by atoms with Gasteiger partial charge in [0, 0.05) is 10.3 Å². The summed E-state index contributed by atoms with van der Waals surface area (Å²) in [6, 6.07) is 0. The van der Waals surface area contributed by atoms with Crippen LogP contribution in [-0.4, -0.2) is 33.6 Å². The molecule has 5 nitrogen and oxygen atoms in total. The van der Waals surface area contributed by atoms with Crippen LogP contribution in [0.2, 0.25) is 0 Å². The fourth-order valence-corrected chi connectivity index (χ4v) is 5.38. The first-order valence-electron chi connectivity index (χ1n) is 8.10. The summed E-state index contributed by atoms with van der Waals surface area (Å²) in [7, 11) is 0. The third-order valence-corrected chi connectivity index (χ3v) is 6.61. The number of hydrogen-bond donors (Lipinski definition) is 0. The molecule has 0 radical (unpaired) electrons. The molecule has 0 aromatic carbocycles. The van der Waals surface area contributed by atoms with Gasteiger partial charge in [0.05, 0.1) is 6.61 Å². The Morgan fingerprint density at radius 2 is 2.25 bits per heavy atom. The van der Waals surface area contributed by atoms with E-state index in [9.17, 15) is 9.59 Å². The summed E-state index contributed by atoms with van der Waals surface area (Å²) in [5, 5.41) is 0.853. The van der Waals surface area contributed by atoms with Crippen molar-refractivity contribution in [1.29, 1.82) is 0 Å². The lowest BCUT2D eigenvalue weighted by Gasteiger charge is -2.18. The number of ether oxygens (including phenoxy) is 1. The largest absolute Gasteiger partial charge is 0.465 e. The highest BCUT2D eigenvalue weighted by molar-refractivity contribution is 8.01. The number of thioether (sulfide) groups is 1. The molecular formula is C17H20N2O3S2. The van der Waals surface area contributed by atoms with Crippen molar-refractivity contribution in [3.05, 3.63) is 16.8 Å². The van der Waals surface area contributed by atoms with Crippen molar-refractivity contribution in [3.63, 3.8) is 0 Å². The summed E-state index contributed by atoms with van der Waals surface area (Å²) < 4.78 is 5.04. The predicted octanol–water partition coefficient (Wildman–Crippen LogP) is 3.43. The molecule has 2 aromatic rings. The molecule has 0 aliphatic heterocycles. The predicted molar refractivity (Wildman–Crippen MR) is 95.6 cm³/mol. The van der Waals surface area contributed by atoms with Crippen LogP contribution in [-0.2, 0) is 27.2 Å². The number of ketones is 1. The zero-order valence-corrected chi connectivity index (χ0v) is 15.6. The maximum atomic E-state index is 12.1. The van der Waals surface area contributed by atoms with E-state index in [1.54, 1.807) is 18.3 Å². The SMILES string of the molecule is CCOC(=O)[C@H](Sc1ncnc2sc3c(c12)CC[C@@H](C)C3)C(C)=O. The van der Waals surface area contributed by atoms with Gasteiger partial charge < -0.3 is 4.74 Å². The van der Waals surface area contributed by atoms with Crippen LogP contribution in [0.3, 0.4) is 0 Å². The highest BCUT2D eigenvalue weighted by atomic mass is 32.2. The molecule has 0 saturated carbocycles. The number of esters is 1. The molecular weight excluding hydrogens is 344 g/mol. The first kappa shape index (κ1) is 17.4. The summed E-state index contributed by atoms with van der Waals surface area (Å²) in [5.41, 5.74) is 1.29. The third kappa shape index (κ3) is 3.32. The van der Waals surface area contributed by atoms with Crippen LogP contribution in [0.15, 0.2) is 11.4 Å². The van der Waals surface area contributed by atoms with Crippen LogP contribution in [0.4, 0.5) is 0 Å². The second-order valence-electron chi connectivity index (χ2n) is 6.07. The molecule has 0 saturated heterocycles. The maximum Gasteiger partial charge on any atom is 0.327 e. The molecule has 1 aliphatic carbocycles. The Kier molecular flexibility index (Phi) is 5.20. The van der Waals surface area contributed by atoms with Crippen molar-refractivity contribution in [3.8, 4) is 0 Å². The highest BCUT2D eigenvalue weighted by Crippen LogP contribution is 2.41. The van der Waals surface area contributed by atoms with E-state index in [4.69, 9.17) is 4.74 Å². The van der Waals surface area contributed by atoms with Gasteiger partial charge in [0.2, 0.25) is 0 Å². The van der Waals surface area contributed by atoms with Gasteiger partial charge in [-0.15, -0.1) is 11.3 Å². The summed E-state index contributed by atoms with van der Waals surface area (Å²) in [6.07, 6.45) is 4.72. The van der Waals surface area contributed by atoms with E-state index >= 15 is 0 Å². The van der Waals surface area contributed by atoms with Crippen molar-refractivity contribution in [1.82, 2.24) is 9.97 Å². The number of rotatable bonds is 5. The smallest absolute Gasteiger partial charge is 0.327 e. The van der Waals surface area contributed by atoms with E-state index in [0.717, 1.165) is 29.5 Å². The number of hydrogen-bond acceptors (Lipinski definition) is 7. The number of carbonyl (C=O) groups is 2. The molecule has 0 fully saturated rings. The Morgan fingerprint density at radius 1 is 1.46 bits per heavy atom. The van der Waals surface area contributed by atoms with Gasteiger partial charge in [-0.1, -0.05) is 18.7 Å². The summed E-state index contributed by atoms with van der Waals surface area (Å²) in [4.78, 5) is 35.1. The third-order valence-electron chi connectivity index (χ3n) is 4.16. The first-order valence-corrected chi connectivity index (χ1v) is 9.79. The average Bonchev–Trinajstić information content (AvgIpc) is 2.90. The van der Waals surface area contributed by atoms with Gasteiger partial charge in [0.1, 0.15) is 16.2 Å². The highest BCUT2D eigenvalue weighted by Gasteiger charge is 2.29. The standard InChI is InChI=1S/C17H20N2O3S2/c1-4-22-17(21)14(10(3)20)24-16-13-11-6-5-9(2)7-12(11)23-15(13)18-8-19-16/h8-9,14H,4-7H2,1-3H3/t9-,14-/m1/s1. The minimum atomic E-state index is -0.874. The quantitative estimate of drug-likeness (QED) is 0.350. The van der Waals surface area contributed by atoms with Gasteiger partial charge in [-0.05, 0) is 44.6 Å². The zero-order valence-electron chi connectivity index (χ0n) is 14.0. The van der Waals surface area contributed by atoms with Crippen molar-refractivity contribution in [2.75, 3.05) is 6.61 Å². The van der Waals surface area contributed by atoms with Crippen molar-refractivity contribution < 1.29 is 14.3 Å². The molecule has 2 heterocycles. The minimum Gasteiger partial charge on any atom is -0.465 e. The van der Waals surface area contributed by atoms with Gasteiger partial charge in [0.15, 0.2) is 11.0 Å². The van der Waals surface area contributed by atoms with Crippen molar-refractivity contribution in [2.45, 2.75) is 50.3 Å². The van der Waals surface area contributed by atoms with Gasteiger partial charge in [-0.3, -0.25) is 9.59 Å². The lowest BCUT2D eigenvalue weighted by Crippen LogP contribution is -2.27. The Labute approximate surface area is 149 Å². The molecule has 1 aliphatic rings. The van der Waals surface area contributed by atoms with Gasteiger partial charge in [0.25, 0.3) is 0 Å². The molecule has 0 bridgehead atoms. The Balaban J connectivity index is 2.00. The van der Waals surface area contributed by atoms with E-state index in [1.807, 2.05) is 0 Å². The van der Waals surface area contributed by atoms with Crippen LogP contribution in [0.5, 0.6) is 0 Å². The average molecular weight is 364 g/mol. The molecule has 2 atom stereocenters. The number of aryl methyl sites for hydroxylation is 1. The second kappa shape index (κ2) is 7.19. The second-order valence-corrected chi connectivity index (χ2v) is 8.25. The van der Waals surface area contributed by atoms with E-state index in [1.165, 1.54) is 35.5 Å². The Bertz CT molecular complexity index is 787. The molecule has 2 aromatic heterocycles. The summed E-state index contributed by atoms with van der Waals surface area (Å²) in [5.74, 6) is -0.0402. The Hall–Kier alpha value is -1.47. The fourth-order valence-electron chi connectivity index (χ4n) is 2.96. The van der Waals surface area contributed by atoms with E-state index in [0.29, 0.717) is 10.9 Å². The van der Waals surface area contributed by atoms with E-state index in [-0.39, 0.29) is 12.4 Å². The number of nitrogens with zero attached hydrogens (tertiary/aromatic N) is 2. The molecule has 3 rings (SSSR count). The maximum absolute atomic E-state index is 12.1. The van der Waals surface area contributed by atoms with Crippen LogP contribution >= 0.6 is 23.1 Å². The molecule has 0 unspecified atom stereocenters.